The van der Waals surface area contributed by atoms with E-state index in [1.54, 1.807) is 11.8 Å². The fourth-order valence-corrected chi connectivity index (χ4v) is 4.01. The van der Waals surface area contributed by atoms with Crippen molar-refractivity contribution in [1.29, 1.82) is 0 Å². The lowest BCUT2D eigenvalue weighted by molar-refractivity contribution is 0.0982. The van der Waals surface area contributed by atoms with Gasteiger partial charge in [0, 0.05) is 32.2 Å². The van der Waals surface area contributed by atoms with Crippen LogP contribution in [0.5, 0.6) is 0 Å². The number of hydrogen-bond donors (Lipinski definition) is 0. The van der Waals surface area contributed by atoms with Gasteiger partial charge in [-0.05, 0) is 48.9 Å². The number of aryl methyl sites for hydroxylation is 1. The van der Waals surface area contributed by atoms with E-state index in [0.29, 0.717) is 16.5 Å². The third-order valence-electron chi connectivity index (χ3n) is 4.08. The Balaban J connectivity index is 1.84. The average molecular weight is 401 g/mol. The van der Waals surface area contributed by atoms with Crippen molar-refractivity contribution >= 4 is 40.7 Å². The van der Waals surface area contributed by atoms with E-state index in [4.69, 9.17) is 23.2 Å². The van der Waals surface area contributed by atoms with Crippen molar-refractivity contribution in [2.45, 2.75) is 23.5 Å². The summed E-state index contributed by atoms with van der Waals surface area (Å²) in [5, 5.41) is 1.39. The van der Waals surface area contributed by atoms with Gasteiger partial charge in [-0.15, -0.1) is 11.8 Å². The Hall–Kier alpha value is -1.74. The van der Waals surface area contributed by atoms with E-state index in [-0.39, 0.29) is 11.0 Å². The lowest BCUT2D eigenvalue weighted by atomic mass is 10.0. The molecule has 1 nitrogen and oxygen atoms in total. The molecule has 1 atom stereocenters. The largest absolute Gasteiger partial charge is 0.294 e. The molecule has 0 saturated heterocycles. The van der Waals surface area contributed by atoms with Crippen LogP contribution >= 0.6 is 35.0 Å². The quantitative estimate of drug-likeness (QED) is 0.316. The monoisotopic (exact) mass is 400 g/mol. The van der Waals surface area contributed by atoms with Crippen molar-refractivity contribution in [3.8, 4) is 0 Å². The summed E-state index contributed by atoms with van der Waals surface area (Å²) in [6.45, 7) is 2.02. The standard InChI is InChI=1S/C22H18Cl2OS/c1-15-2-4-16(5-3-15)21(25)14-22(17-6-8-18(23)9-7-17)26-20-12-10-19(24)11-13-20/h2-13,22H,14H2,1H3. The van der Waals surface area contributed by atoms with Crippen molar-refractivity contribution in [3.05, 3.63) is 99.5 Å². The minimum absolute atomic E-state index is 0.00208. The molecule has 0 amide bonds. The summed E-state index contributed by atoms with van der Waals surface area (Å²) in [5.74, 6) is 0.131. The molecule has 0 aliphatic carbocycles. The highest BCUT2D eigenvalue weighted by molar-refractivity contribution is 7.99. The Labute approximate surface area is 168 Å². The van der Waals surface area contributed by atoms with Crippen LogP contribution in [-0.4, -0.2) is 5.78 Å². The minimum atomic E-state index is 0.00208. The number of carbonyl (C=O) groups excluding carboxylic acids is 1. The Kier molecular flexibility index (Phi) is 6.42. The summed E-state index contributed by atoms with van der Waals surface area (Å²) in [4.78, 5) is 13.9. The van der Waals surface area contributed by atoms with Gasteiger partial charge in [-0.1, -0.05) is 65.2 Å². The summed E-state index contributed by atoms with van der Waals surface area (Å²) in [7, 11) is 0. The van der Waals surface area contributed by atoms with Gasteiger partial charge in [0.2, 0.25) is 0 Å². The predicted molar refractivity (Wildman–Crippen MR) is 112 cm³/mol. The maximum Gasteiger partial charge on any atom is 0.164 e. The van der Waals surface area contributed by atoms with Gasteiger partial charge in [0.1, 0.15) is 0 Å². The van der Waals surface area contributed by atoms with Crippen LogP contribution in [0.1, 0.15) is 33.2 Å². The average Bonchev–Trinajstić information content (AvgIpc) is 2.64. The molecule has 4 heteroatoms. The zero-order chi connectivity index (χ0) is 18.5. The third kappa shape index (κ3) is 5.14. The molecular formula is C22H18Cl2OS. The molecular weight excluding hydrogens is 383 g/mol. The first kappa shape index (κ1) is 19.0. The van der Waals surface area contributed by atoms with Crippen molar-refractivity contribution < 1.29 is 4.79 Å². The third-order valence-corrected chi connectivity index (χ3v) is 5.85. The van der Waals surface area contributed by atoms with E-state index in [9.17, 15) is 4.79 Å². The van der Waals surface area contributed by atoms with Crippen molar-refractivity contribution in [1.82, 2.24) is 0 Å². The summed E-state index contributed by atoms with van der Waals surface area (Å²) in [6, 6.07) is 23.1. The van der Waals surface area contributed by atoms with E-state index < -0.39 is 0 Å². The summed E-state index contributed by atoms with van der Waals surface area (Å²) < 4.78 is 0. The SMILES string of the molecule is Cc1ccc(C(=O)CC(Sc2ccc(Cl)cc2)c2ccc(Cl)cc2)cc1. The Morgan fingerprint density at radius 1 is 0.846 bits per heavy atom. The minimum Gasteiger partial charge on any atom is -0.294 e. The van der Waals surface area contributed by atoms with Crippen LogP contribution in [0.3, 0.4) is 0 Å². The van der Waals surface area contributed by atoms with Gasteiger partial charge in [-0.25, -0.2) is 0 Å². The summed E-state index contributed by atoms with van der Waals surface area (Å²) in [6.07, 6.45) is 0.415. The number of halogens is 2. The van der Waals surface area contributed by atoms with Crippen molar-refractivity contribution in [2.75, 3.05) is 0 Å². The summed E-state index contributed by atoms with van der Waals surface area (Å²) >= 11 is 13.7. The molecule has 132 valence electrons. The lowest BCUT2D eigenvalue weighted by Crippen LogP contribution is -2.05. The van der Waals surface area contributed by atoms with Crippen LogP contribution in [-0.2, 0) is 0 Å². The van der Waals surface area contributed by atoms with Crippen LogP contribution in [0, 0.1) is 6.92 Å². The summed E-state index contributed by atoms with van der Waals surface area (Å²) in [5.41, 5.74) is 2.97. The number of ketones is 1. The molecule has 0 heterocycles. The van der Waals surface area contributed by atoms with Gasteiger partial charge in [0.15, 0.2) is 5.78 Å². The van der Waals surface area contributed by atoms with Gasteiger partial charge in [0.05, 0.1) is 0 Å². The van der Waals surface area contributed by atoms with E-state index >= 15 is 0 Å². The van der Waals surface area contributed by atoms with Gasteiger partial charge in [-0.3, -0.25) is 4.79 Å². The van der Waals surface area contributed by atoms with E-state index in [2.05, 4.69) is 0 Å². The van der Waals surface area contributed by atoms with Crippen LogP contribution < -0.4 is 0 Å². The van der Waals surface area contributed by atoms with Crippen LogP contribution in [0.25, 0.3) is 0 Å². The predicted octanol–water partition coefficient (Wildman–Crippen LogP) is 7.41. The Bertz CT molecular complexity index is 872. The van der Waals surface area contributed by atoms with Gasteiger partial charge in [-0.2, -0.15) is 0 Å². The fourth-order valence-electron chi connectivity index (χ4n) is 2.61. The second kappa shape index (κ2) is 8.77. The molecule has 0 aromatic heterocycles. The zero-order valence-corrected chi connectivity index (χ0v) is 16.6. The molecule has 3 aromatic rings. The second-order valence-electron chi connectivity index (χ2n) is 6.11. The molecule has 3 aromatic carbocycles. The van der Waals surface area contributed by atoms with Crippen LogP contribution in [0.4, 0.5) is 0 Å². The first-order chi connectivity index (χ1) is 12.5. The molecule has 0 radical (unpaired) electrons. The second-order valence-corrected chi connectivity index (χ2v) is 8.25. The first-order valence-corrected chi connectivity index (χ1v) is 9.92. The number of hydrogen-bond acceptors (Lipinski definition) is 2. The van der Waals surface area contributed by atoms with E-state index in [1.165, 1.54) is 0 Å². The molecule has 0 saturated carbocycles. The number of thioether (sulfide) groups is 1. The smallest absolute Gasteiger partial charge is 0.164 e. The van der Waals surface area contributed by atoms with E-state index in [0.717, 1.165) is 21.6 Å². The molecule has 26 heavy (non-hydrogen) atoms. The zero-order valence-electron chi connectivity index (χ0n) is 14.3. The molecule has 3 rings (SSSR count). The normalized spacial score (nSPS) is 12.0. The Morgan fingerprint density at radius 2 is 1.38 bits per heavy atom. The maximum absolute atomic E-state index is 12.8. The highest BCUT2D eigenvalue weighted by Crippen LogP contribution is 2.39. The lowest BCUT2D eigenvalue weighted by Gasteiger charge is -2.17. The topological polar surface area (TPSA) is 17.1 Å². The van der Waals surface area contributed by atoms with Crippen molar-refractivity contribution in [3.63, 3.8) is 0 Å². The Morgan fingerprint density at radius 3 is 1.96 bits per heavy atom. The maximum atomic E-state index is 12.8. The fraction of sp³-hybridized carbons (Fsp3) is 0.136. The van der Waals surface area contributed by atoms with Gasteiger partial charge in [0.25, 0.3) is 0 Å². The van der Waals surface area contributed by atoms with Gasteiger partial charge < -0.3 is 0 Å². The molecule has 0 aliphatic heterocycles. The van der Waals surface area contributed by atoms with Crippen LogP contribution in [0.2, 0.25) is 10.0 Å². The van der Waals surface area contributed by atoms with Gasteiger partial charge >= 0.3 is 0 Å². The molecule has 0 bridgehead atoms. The number of benzene rings is 3. The van der Waals surface area contributed by atoms with Crippen molar-refractivity contribution in [2.24, 2.45) is 0 Å². The van der Waals surface area contributed by atoms with E-state index in [1.807, 2.05) is 79.7 Å². The number of rotatable bonds is 6. The molecule has 0 aliphatic rings. The number of carbonyl (C=O) groups is 1. The molecule has 0 N–H and O–H groups in total. The van der Waals surface area contributed by atoms with Crippen LogP contribution in [0.15, 0.2) is 77.7 Å². The highest BCUT2D eigenvalue weighted by atomic mass is 35.5. The molecule has 1 unspecified atom stereocenters. The molecule has 0 fully saturated rings. The first-order valence-electron chi connectivity index (χ1n) is 8.29. The highest BCUT2D eigenvalue weighted by Gasteiger charge is 2.19. The number of Topliss-reactive ketones (excluding diaryl/α,β-unsaturated/α-hetero) is 1. The molecule has 0 spiro atoms.